The molecule has 2 aliphatic rings. The fourth-order valence-electron chi connectivity index (χ4n) is 4.96. The molecule has 0 spiro atoms. The lowest BCUT2D eigenvalue weighted by Crippen LogP contribution is -2.43. The molecule has 0 N–H and O–H groups in total. The molecule has 1 aromatic rings. The van der Waals surface area contributed by atoms with Crippen LogP contribution in [-0.4, -0.2) is 61.2 Å². The molecule has 6 heteroatoms. The topological polar surface area (TPSA) is 59.1 Å². The summed E-state index contributed by atoms with van der Waals surface area (Å²) in [6.45, 7) is 8.04. The number of ether oxygens (including phenoxy) is 2. The molecule has 2 fully saturated rings. The van der Waals surface area contributed by atoms with Crippen LogP contribution in [-0.2, 0) is 9.53 Å². The summed E-state index contributed by atoms with van der Waals surface area (Å²) in [6.07, 6.45) is 5.60. The van der Waals surface area contributed by atoms with Crippen LogP contribution in [0.4, 0.5) is 4.79 Å². The molecular weight excluding hydrogens is 404 g/mol. The minimum absolute atomic E-state index is 0.135. The van der Waals surface area contributed by atoms with Gasteiger partial charge in [0.1, 0.15) is 11.4 Å². The third kappa shape index (κ3) is 6.63. The van der Waals surface area contributed by atoms with Crippen LogP contribution >= 0.6 is 0 Å². The van der Waals surface area contributed by atoms with Crippen LogP contribution in [0.3, 0.4) is 0 Å². The van der Waals surface area contributed by atoms with Crippen LogP contribution in [0, 0.1) is 11.8 Å². The van der Waals surface area contributed by atoms with E-state index in [9.17, 15) is 9.59 Å². The quantitative estimate of drug-likeness (QED) is 0.636. The Morgan fingerprint density at radius 3 is 2.12 bits per heavy atom. The van der Waals surface area contributed by atoms with Gasteiger partial charge >= 0.3 is 6.09 Å². The van der Waals surface area contributed by atoms with Gasteiger partial charge in [0.25, 0.3) is 0 Å². The Kier molecular flexibility index (Phi) is 8.07. The zero-order valence-electron chi connectivity index (χ0n) is 20.4. The molecular formula is C26H40N2O4. The summed E-state index contributed by atoms with van der Waals surface area (Å²) < 4.78 is 10.7. The Labute approximate surface area is 193 Å². The van der Waals surface area contributed by atoms with E-state index in [0.717, 1.165) is 57.4 Å². The van der Waals surface area contributed by atoms with Crippen LogP contribution in [0.1, 0.15) is 70.8 Å². The number of nitrogens with zero attached hydrogens (tertiary/aromatic N) is 2. The SMILES string of the molecule is COc1ccc(C2CCN(C(=O)C3CCC(CN(C)C(=O)OC(C)(C)C)CC3)CC2)cc1. The van der Waals surface area contributed by atoms with E-state index in [4.69, 9.17) is 9.47 Å². The lowest BCUT2D eigenvalue weighted by Gasteiger charge is -2.37. The van der Waals surface area contributed by atoms with Crippen molar-refractivity contribution in [1.82, 2.24) is 9.80 Å². The van der Waals surface area contributed by atoms with Gasteiger partial charge in [-0.05, 0) is 88.8 Å². The summed E-state index contributed by atoms with van der Waals surface area (Å²) in [6, 6.07) is 8.34. The summed E-state index contributed by atoms with van der Waals surface area (Å²) in [7, 11) is 3.49. The first-order chi connectivity index (χ1) is 15.2. The summed E-state index contributed by atoms with van der Waals surface area (Å²) >= 11 is 0. The predicted molar refractivity (Wildman–Crippen MR) is 126 cm³/mol. The minimum Gasteiger partial charge on any atom is -0.497 e. The van der Waals surface area contributed by atoms with Gasteiger partial charge in [0.2, 0.25) is 5.91 Å². The standard InChI is InChI=1S/C26H40N2O4/c1-26(2,3)32-25(30)27(4)18-19-6-8-22(9-7-19)24(29)28-16-14-21(15-17-28)20-10-12-23(31-5)13-11-20/h10-13,19,21-22H,6-9,14-18H2,1-5H3. The van der Waals surface area contributed by atoms with Crippen LogP contribution in [0.15, 0.2) is 24.3 Å². The molecule has 2 amide bonds. The highest BCUT2D eigenvalue weighted by Gasteiger charge is 2.32. The normalized spacial score (nSPS) is 22.3. The highest BCUT2D eigenvalue weighted by molar-refractivity contribution is 5.79. The molecule has 0 unspecified atom stereocenters. The highest BCUT2D eigenvalue weighted by Crippen LogP contribution is 2.34. The van der Waals surface area contributed by atoms with Crippen molar-refractivity contribution in [2.75, 3.05) is 33.8 Å². The molecule has 0 radical (unpaired) electrons. The number of likely N-dealkylation sites (tertiary alicyclic amines) is 1. The molecule has 1 saturated heterocycles. The van der Waals surface area contributed by atoms with E-state index in [2.05, 4.69) is 17.0 Å². The van der Waals surface area contributed by atoms with Crippen molar-refractivity contribution in [3.63, 3.8) is 0 Å². The summed E-state index contributed by atoms with van der Waals surface area (Å²) in [5, 5.41) is 0. The Morgan fingerprint density at radius 1 is 1.00 bits per heavy atom. The maximum Gasteiger partial charge on any atom is 0.410 e. The molecule has 3 rings (SSSR count). The Morgan fingerprint density at radius 2 is 1.59 bits per heavy atom. The van der Waals surface area contributed by atoms with E-state index in [1.165, 1.54) is 5.56 Å². The summed E-state index contributed by atoms with van der Waals surface area (Å²) in [4.78, 5) is 29.1. The van der Waals surface area contributed by atoms with Gasteiger partial charge in [-0.15, -0.1) is 0 Å². The number of hydrogen-bond donors (Lipinski definition) is 0. The smallest absolute Gasteiger partial charge is 0.410 e. The molecule has 178 valence electrons. The number of carbonyl (C=O) groups is 2. The molecule has 32 heavy (non-hydrogen) atoms. The Balaban J connectivity index is 1.41. The van der Waals surface area contributed by atoms with Crippen LogP contribution in [0.2, 0.25) is 0 Å². The maximum atomic E-state index is 13.1. The average Bonchev–Trinajstić information content (AvgIpc) is 2.78. The highest BCUT2D eigenvalue weighted by atomic mass is 16.6. The number of piperidine rings is 1. The summed E-state index contributed by atoms with van der Waals surface area (Å²) in [5.74, 6) is 2.31. The lowest BCUT2D eigenvalue weighted by atomic mass is 9.80. The number of methoxy groups -OCH3 is 1. The van der Waals surface area contributed by atoms with E-state index in [-0.39, 0.29) is 12.0 Å². The van der Waals surface area contributed by atoms with E-state index in [0.29, 0.717) is 24.3 Å². The third-order valence-electron chi connectivity index (χ3n) is 6.83. The number of rotatable bonds is 5. The van der Waals surface area contributed by atoms with Crippen molar-refractivity contribution >= 4 is 12.0 Å². The van der Waals surface area contributed by atoms with Gasteiger partial charge in [0, 0.05) is 32.6 Å². The number of carbonyl (C=O) groups excluding carboxylic acids is 2. The lowest BCUT2D eigenvalue weighted by molar-refractivity contribution is -0.138. The molecule has 1 aliphatic heterocycles. The number of amides is 2. The van der Waals surface area contributed by atoms with Crippen molar-refractivity contribution < 1.29 is 19.1 Å². The fourth-order valence-corrected chi connectivity index (χ4v) is 4.96. The van der Waals surface area contributed by atoms with Crippen molar-refractivity contribution in [2.24, 2.45) is 11.8 Å². The molecule has 0 aromatic heterocycles. The third-order valence-corrected chi connectivity index (χ3v) is 6.83. The van der Waals surface area contributed by atoms with Gasteiger partial charge in [-0.25, -0.2) is 4.79 Å². The predicted octanol–water partition coefficient (Wildman–Crippen LogP) is 5.07. The van der Waals surface area contributed by atoms with Crippen LogP contribution < -0.4 is 4.74 Å². The second kappa shape index (κ2) is 10.6. The fraction of sp³-hybridized carbons (Fsp3) is 0.692. The maximum absolute atomic E-state index is 13.1. The second-order valence-electron chi connectivity index (χ2n) is 10.5. The summed E-state index contributed by atoms with van der Waals surface area (Å²) in [5.41, 5.74) is 0.864. The molecule has 0 atom stereocenters. The average molecular weight is 445 g/mol. The first-order valence-corrected chi connectivity index (χ1v) is 12.0. The van der Waals surface area contributed by atoms with Gasteiger partial charge < -0.3 is 19.3 Å². The number of hydrogen-bond acceptors (Lipinski definition) is 4. The molecule has 6 nitrogen and oxygen atoms in total. The van der Waals surface area contributed by atoms with Crippen molar-refractivity contribution in [2.45, 2.75) is 70.8 Å². The van der Waals surface area contributed by atoms with Crippen molar-refractivity contribution in [3.05, 3.63) is 29.8 Å². The monoisotopic (exact) mass is 444 g/mol. The van der Waals surface area contributed by atoms with Gasteiger partial charge in [-0.2, -0.15) is 0 Å². The molecule has 1 saturated carbocycles. The van der Waals surface area contributed by atoms with Gasteiger partial charge in [0.15, 0.2) is 0 Å². The largest absolute Gasteiger partial charge is 0.497 e. The van der Waals surface area contributed by atoms with Crippen LogP contribution in [0.25, 0.3) is 0 Å². The Hall–Kier alpha value is -2.24. The van der Waals surface area contributed by atoms with E-state index in [1.54, 1.807) is 19.1 Å². The zero-order valence-corrected chi connectivity index (χ0v) is 20.4. The molecule has 1 aliphatic carbocycles. The van der Waals surface area contributed by atoms with E-state index >= 15 is 0 Å². The van der Waals surface area contributed by atoms with Crippen molar-refractivity contribution in [3.8, 4) is 5.75 Å². The Bertz CT molecular complexity index is 755. The number of benzene rings is 1. The second-order valence-corrected chi connectivity index (χ2v) is 10.5. The van der Waals surface area contributed by atoms with Gasteiger partial charge in [-0.1, -0.05) is 12.1 Å². The first-order valence-electron chi connectivity index (χ1n) is 12.0. The zero-order chi connectivity index (χ0) is 23.3. The van der Waals surface area contributed by atoms with Gasteiger partial charge in [-0.3, -0.25) is 4.79 Å². The molecule has 1 heterocycles. The molecule has 0 bridgehead atoms. The van der Waals surface area contributed by atoms with E-state index < -0.39 is 5.60 Å². The molecule has 1 aromatic carbocycles. The van der Waals surface area contributed by atoms with Crippen molar-refractivity contribution in [1.29, 1.82) is 0 Å². The van der Waals surface area contributed by atoms with Gasteiger partial charge in [0.05, 0.1) is 7.11 Å². The van der Waals surface area contributed by atoms with E-state index in [1.807, 2.05) is 32.9 Å². The van der Waals surface area contributed by atoms with Crippen LogP contribution in [0.5, 0.6) is 5.75 Å². The minimum atomic E-state index is -0.476. The first kappa shape index (κ1) is 24.4.